The van der Waals surface area contributed by atoms with Gasteiger partial charge in [-0.05, 0) is 30.9 Å². The number of hydrogen-bond donors (Lipinski definition) is 0. The molecule has 1 aliphatic rings. The van der Waals surface area contributed by atoms with E-state index in [1.807, 2.05) is 24.3 Å². The average Bonchev–Trinajstić information content (AvgIpc) is 2.86. The highest BCUT2D eigenvalue weighted by atomic mass is 16.5. The van der Waals surface area contributed by atoms with Crippen molar-refractivity contribution in [3.8, 4) is 34.5 Å². The number of allylic oxidation sites excluding steroid dienone is 3. The molecule has 2 aromatic carbocycles. The molecule has 0 amide bonds. The minimum absolute atomic E-state index is 0.140. The highest BCUT2D eigenvalue weighted by Crippen LogP contribution is 2.44. The fourth-order valence-electron chi connectivity index (χ4n) is 4.13. The number of methoxy groups -OCH3 is 6. The van der Waals surface area contributed by atoms with Crippen molar-refractivity contribution in [3.63, 3.8) is 0 Å². The van der Waals surface area contributed by atoms with Crippen LogP contribution in [0.1, 0.15) is 29.9 Å². The van der Waals surface area contributed by atoms with Crippen LogP contribution in [-0.4, -0.2) is 42.7 Å². The molecule has 2 aromatic rings. The fourth-order valence-corrected chi connectivity index (χ4v) is 4.13. The van der Waals surface area contributed by atoms with Gasteiger partial charge in [0.1, 0.15) is 11.5 Å². The van der Waals surface area contributed by atoms with E-state index in [4.69, 9.17) is 28.4 Å². The standard InChI is InChI=1S/C26H32O6/c1-27-21-15-25(31-5)23(29-3)13-18(21)12-11-17-9-7-8-10-19(17)20-14-24(30-4)26(32-6)16-22(20)28-2/h8,10-17,19H,7,9H2,1-6H3/b12-11+/t17-,19-/m1/s1. The Hall–Kier alpha value is -3.28. The van der Waals surface area contributed by atoms with Crippen LogP contribution in [0.3, 0.4) is 0 Å². The number of ether oxygens (including phenoxy) is 6. The Kier molecular flexibility index (Phi) is 7.92. The summed E-state index contributed by atoms with van der Waals surface area (Å²) in [6.45, 7) is 0. The molecule has 0 spiro atoms. The van der Waals surface area contributed by atoms with Gasteiger partial charge in [0.05, 0.1) is 42.7 Å². The molecule has 0 bridgehead atoms. The van der Waals surface area contributed by atoms with Gasteiger partial charge in [-0.15, -0.1) is 0 Å². The third kappa shape index (κ3) is 4.79. The largest absolute Gasteiger partial charge is 0.496 e. The number of hydrogen-bond acceptors (Lipinski definition) is 6. The Balaban J connectivity index is 1.99. The zero-order valence-corrected chi connectivity index (χ0v) is 19.6. The SMILES string of the molecule is COc1cc(OC)c(OC)cc1/C=C/[C@H]1CCC=C[C@H]1c1cc(OC)c(OC)cc1OC. The zero-order chi connectivity index (χ0) is 23.1. The molecule has 0 unspecified atom stereocenters. The minimum Gasteiger partial charge on any atom is -0.496 e. The van der Waals surface area contributed by atoms with Crippen LogP contribution >= 0.6 is 0 Å². The van der Waals surface area contributed by atoms with E-state index in [0.29, 0.717) is 23.0 Å². The van der Waals surface area contributed by atoms with E-state index >= 15 is 0 Å². The molecule has 32 heavy (non-hydrogen) atoms. The maximum atomic E-state index is 5.70. The van der Waals surface area contributed by atoms with Crippen molar-refractivity contribution in [2.45, 2.75) is 18.8 Å². The predicted molar refractivity (Wildman–Crippen MR) is 126 cm³/mol. The lowest BCUT2D eigenvalue weighted by atomic mass is 9.78. The molecule has 0 aliphatic heterocycles. The van der Waals surface area contributed by atoms with Crippen molar-refractivity contribution in [2.24, 2.45) is 5.92 Å². The zero-order valence-electron chi connectivity index (χ0n) is 19.6. The van der Waals surface area contributed by atoms with E-state index in [1.165, 1.54) is 0 Å². The fraction of sp³-hybridized carbons (Fsp3) is 0.385. The third-order valence-electron chi connectivity index (χ3n) is 5.83. The molecule has 6 heteroatoms. The van der Waals surface area contributed by atoms with Gasteiger partial charge in [-0.2, -0.15) is 0 Å². The molecule has 0 heterocycles. The normalized spacial score (nSPS) is 17.8. The molecule has 0 saturated heterocycles. The molecule has 0 saturated carbocycles. The second-order valence-corrected chi connectivity index (χ2v) is 7.45. The van der Waals surface area contributed by atoms with Gasteiger partial charge in [-0.3, -0.25) is 0 Å². The molecule has 0 N–H and O–H groups in total. The minimum atomic E-state index is 0.140. The van der Waals surface area contributed by atoms with Gasteiger partial charge in [0.25, 0.3) is 0 Å². The van der Waals surface area contributed by atoms with Gasteiger partial charge in [0.2, 0.25) is 0 Å². The third-order valence-corrected chi connectivity index (χ3v) is 5.83. The van der Waals surface area contributed by atoms with Gasteiger partial charge in [-0.25, -0.2) is 0 Å². The second-order valence-electron chi connectivity index (χ2n) is 7.45. The van der Waals surface area contributed by atoms with Crippen LogP contribution in [-0.2, 0) is 0 Å². The summed E-state index contributed by atoms with van der Waals surface area (Å²) in [6, 6.07) is 7.66. The summed E-state index contributed by atoms with van der Waals surface area (Å²) in [5.74, 6) is 4.55. The van der Waals surface area contributed by atoms with Crippen molar-refractivity contribution >= 4 is 6.08 Å². The van der Waals surface area contributed by atoms with Gasteiger partial charge in [0.15, 0.2) is 23.0 Å². The molecule has 3 rings (SSSR count). The first-order valence-electron chi connectivity index (χ1n) is 10.5. The Bertz CT molecular complexity index is 979. The molecule has 2 atom stereocenters. The highest BCUT2D eigenvalue weighted by Gasteiger charge is 2.26. The number of benzene rings is 2. The molecule has 0 fully saturated rings. The van der Waals surface area contributed by atoms with E-state index in [1.54, 1.807) is 42.7 Å². The van der Waals surface area contributed by atoms with Crippen LogP contribution in [0, 0.1) is 5.92 Å². The predicted octanol–water partition coefficient (Wildman–Crippen LogP) is 5.50. The molecular formula is C26H32O6. The van der Waals surface area contributed by atoms with E-state index in [-0.39, 0.29) is 11.8 Å². The van der Waals surface area contributed by atoms with Crippen LogP contribution in [0.2, 0.25) is 0 Å². The molecule has 1 aliphatic carbocycles. The van der Waals surface area contributed by atoms with Gasteiger partial charge >= 0.3 is 0 Å². The van der Waals surface area contributed by atoms with Crippen LogP contribution in [0.5, 0.6) is 34.5 Å². The monoisotopic (exact) mass is 440 g/mol. The first kappa shape index (κ1) is 23.4. The van der Waals surface area contributed by atoms with Crippen molar-refractivity contribution < 1.29 is 28.4 Å². The molecule has 172 valence electrons. The summed E-state index contributed by atoms with van der Waals surface area (Å²) >= 11 is 0. The lowest BCUT2D eigenvalue weighted by Crippen LogP contribution is -2.13. The highest BCUT2D eigenvalue weighted by molar-refractivity contribution is 5.64. The average molecular weight is 441 g/mol. The second kappa shape index (κ2) is 10.8. The van der Waals surface area contributed by atoms with E-state index in [9.17, 15) is 0 Å². The molecular weight excluding hydrogens is 408 g/mol. The number of rotatable bonds is 9. The Morgan fingerprint density at radius 3 is 1.78 bits per heavy atom. The van der Waals surface area contributed by atoms with E-state index < -0.39 is 0 Å². The van der Waals surface area contributed by atoms with Gasteiger partial charge in [0, 0.05) is 29.2 Å². The summed E-state index contributed by atoms with van der Waals surface area (Å²) in [6.07, 6.45) is 10.8. The summed E-state index contributed by atoms with van der Waals surface area (Å²) in [5.41, 5.74) is 1.99. The molecule has 6 nitrogen and oxygen atoms in total. The Morgan fingerprint density at radius 1 is 0.656 bits per heavy atom. The van der Waals surface area contributed by atoms with Crippen LogP contribution < -0.4 is 28.4 Å². The maximum absolute atomic E-state index is 5.70. The summed E-state index contributed by atoms with van der Waals surface area (Å²) in [7, 11) is 9.84. The van der Waals surface area contributed by atoms with Crippen LogP contribution in [0.15, 0.2) is 42.5 Å². The quantitative estimate of drug-likeness (QED) is 0.480. The van der Waals surface area contributed by atoms with Crippen LogP contribution in [0.4, 0.5) is 0 Å². The smallest absolute Gasteiger partial charge is 0.164 e. The van der Waals surface area contributed by atoms with Crippen molar-refractivity contribution in [1.82, 2.24) is 0 Å². The summed E-state index contributed by atoms with van der Waals surface area (Å²) in [4.78, 5) is 0. The van der Waals surface area contributed by atoms with Crippen molar-refractivity contribution in [1.29, 1.82) is 0 Å². The van der Waals surface area contributed by atoms with Crippen molar-refractivity contribution in [2.75, 3.05) is 42.7 Å². The van der Waals surface area contributed by atoms with Crippen molar-refractivity contribution in [3.05, 3.63) is 53.6 Å². The first-order valence-corrected chi connectivity index (χ1v) is 10.5. The summed E-state index contributed by atoms with van der Waals surface area (Å²) < 4.78 is 33.1. The Morgan fingerprint density at radius 2 is 1.19 bits per heavy atom. The maximum Gasteiger partial charge on any atom is 0.164 e. The Labute approximate surface area is 190 Å². The van der Waals surface area contributed by atoms with Crippen LogP contribution in [0.25, 0.3) is 6.08 Å². The lowest BCUT2D eigenvalue weighted by Gasteiger charge is -2.28. The molecule has 0 aromatic heterocycles. The van der Waals surface area contributed by atoms with E-state index in [0.717, 1.165) is 35.5 Å². The van der Waals surface area contributed by atoms with Gasteiger partial charge in [-0.1, -0.05) is 24.3 Å². The molecule has 0 radical (unpaired) electrons. The van der Waals surface area contributed by atoms with E-state index in [2.05, 4.69) is 24.3 Å². The lowest BCUT2D eigenvalue weighted by molar-refractivity contribution is 0.345. The topological polar surface area (TPSA) is 55.4 Å². The first-order chi connectivity index (χ1) is 15.6. The summed E-state index contributed by atoms with van der Waals surface area (Å²) in [5, 5.41) is 0. The van der Waals surface area contributed by atoms with Gasteiger partial charge < -0.3 is 28.4 Å².